The number of thiocarbonyl (C=S) groups is 1. The molecule has 1 saturated carbocycles. The molecule has 0 spiro atoms. The van der Waals surface area contributed by atoms with Crippen molar-refractivity contribution in [2.75, 3.05) is 20.8 Å². The van der Waals surface area contributed by atoms with Gasteiger partial charge < -0.3 is 15.2 Å². The quantitative estimate of drug-likeness (QED) is 0.686. The first-order valence-corrected chi connectivity index (χ1v) is 10.5. The lowest BCUT2D eigenvalue weighted by molar-refractivity contribution is 0.166. The maximum Gasteiger partial charge on any atom is 0.182 e. The molecule has 0 saturated heterocycles. The summed E-state index contributed by atoms with van der Waals surface area (Å²) in [5.41, 5.74) is 5.89. The Morgan fingerprint density at radius 1 is 1.15 bits per heavy atom. The molecular formula is C19H20ClNO4S2. The van der Waals surface area contributed by atoms with Gasteiger partial charge in [0.05, 0.1) is 34.3 Å². The first-order valence-electron chi connectivity index (χ1n) is 8.21. The summed E-state index contributed by atoms with van der Waals surface area (Å²) in [4.78, 5) is 0.317. The molecule has 0 aromatic heterocycles. The highest BCUT2D eigenvalue weighted by atomic mass is 35.5. The van der Waals surface area contributed by atoms with Gasteiger partial charge in [-0.15, -0.1) is 0 Å². The molecule has 0 aliphatic heterocycles. The highest BCUT2D eigenvalue weighted by molar-refractivity contribution is 7.92. The third-order valence-corrected chi connectivity index (χ3v) is 7.97. The van der Waals surface area contributed by atoms with Crippen LogP contribution in [0.25, 0.3) is 0 Å². The van der Waals surface area contributed by atoms with Gasteiger partial charge in [0, 0.05) is 18.1 Å². The first kappa shape index (κ1) is 20.1. The lowest BCUT2D eigenvalue weighted by atomic mass is 10.00. The van der Waals surface area contributed by atoms with Crippen molar-refractivity contribution in [3.05, 3.63) is 59.1 Å². The number of ether oxygens (including phenoxy) is 2. The van der Waals surface area contributed by atoms with E-state index in [9.17, 15) is 8.42 Å². The highest BCUT2D eigenvalue weighted by Crippen LogP contribution is 2.64. The van der Waals surface area contributed by atoms with Gasteiger partial charge in [-0.2, -0.15) is 0 Å². The Labute approximate surface area is 169 Å². The summed E-state index contributed by atoms with van der Waals surface area (Å²) < 4.78 is 37.3. The molecule has 0 amide bonds. The van der Waals surface area contributed by atoms with Gasteiger partial charge in [-0.05, 0) is 42.0 Å². The van der Waals surface area contributed by atoms with E-state index >= 15 is 0 Å². The van der Waals surface area contributed by atoms with Crippen molar-refractivity contribution in [1.29, 1.82) is 0 Å². The molecule has 0 bridgehead atoms. The molecule has 0 radical (unpaired) electrons. The predicted octanol–water partition coefficient (Wildman–Crippen LogP) is 3.21. The smallest absolute Gasteiger partial charge is 0.182 e. The monoisotopic (exact) mass is 425 g/mol. The van der Waals surface area contributed by atoms with Crippen molar-refractivity contribution in [2.24, 2.45) is 11.1 Å². The largest absolute Gasteiger partial charge is 0.497 e. The van der Waals surface area contributed by atoms with E-state index in [4.69, 9.17) is 39.0 Å². The SMILES string of the molecule is COC[C@@]1(C(N)=S)[C@H](c2ccc(OC)cc2)[C@@H]1S(=O)(=O)c1ccc(Cl)cc1. The molecular weight excluding hydrogens is 406 g/mol. The van der Waals surface area contributed by atoms with Gasteiger partial charge in [0.25, 0.3) is 0 Å². The van der Waals surface area contributed by atoms with E-state index < -0.39 is 26.4 Å². The summed E-state index contributed by atoms with van der Waals surface area (Å²) in [6.07, 6.45) is 0. The number of hydrogen-bond donors (Lipinski definition) is 1. The Balaban J connectivity index is 2.09. The number of rotatable bonds is 7. The summed E-state index contributed by atoms with van der Waals surface area (Å²) in [5.74, 6) is 0.283. The van der Waals surface area contributed by atoms with Gasteiger partial charge in [-0.25, -0.2) is 8.42 Å². The highest BCUT2D eigenvalue weighted by Gasteiger charge is 2.73. The molecule has 27 heavy (non-hydrogen) atoms. The van der Waals surface area contributed by atoms with Gasteiger partial charge in [0.15, 0.2) is 9.84 Å². The maximum atomic E-state index is 13.4. The standard InChI is InChI=1S/C19H20ClNO4S2/c1-24-11-19(18(21)26)16(12-3-7-14(25-2)8-4-12)17(19)27(22,23)15-9-5-13(20)6-10-15/h3-10,16-17H,11H2,1-2H3,(H2,21,26)/t16-,17+,19-/m1/s1. The second-order valence-corrected chi connectivity index (χ2v) is 9.45. The molecule has 1 aliphatic rings. The molecule has 2 aromatic rings. The summed E-state index contributed by atoms with van der Waals surface area (Å²) in [6.45, 7) is 0.122. The van der Waals surface area contributed by atoms with Crippen molar-refractivity contribution in [1.82, 2.24) is 0 Å². The van der Waals surface area contributed by atoms with Gasteiger partial charge in [0.2, 0.25) is 0 Å². The Hall–Kier alpha value is -1.67. The van der Waals surface area contributed by atoms with Crippen LogP contribution in [0.2, 0.25) is 5.02 Å². The van der Waals surface area contributed by atoms with Crippen LogP contribution in [-0.4, -0.2) is 39.5 Å². The molecule has 0 unspecified atom stereocenters. The average Bonchev–Trinajstić information content (AvgIpc) is 3.33. The summed E-state index contributed by atoms with van der Waals surface area (Å²) in [7, 11) is -0.625. The first-order chi connectivity index (χ1) is 12.8. The molecule has 8 heteroatoms. The van der Waals surface area contributed by atoms with Crippen LogP contribution in [0.4, 0.5) is 0 Å². The molecule has 1 aliphatic carbocycles. The van der Waals surface area contributed by atoms with Gasteiger partial charge in [0.1, 0.15) is 5.75 Å². The van der Waals surface area contributed by atoms with Crippen molar-refractivity contribution in [2.45, 2.75) is 16.1 Å². The predicted molar refractivity (Wildman–Crippen MR) is 109 cm³/mol. The zero-order chi connectivity index (χ0) is 19.8. The number of nitrogens with two attached hydrogens (primary N) is 1. The number of methoxy groups -OCH3 is 2. The van der Waals surface area contributed by atoms with E-state index in [0.717, 1.165) is 5.56 Å². The van der Waals surface area contributed by atoms with Crippen LogP contribution in [0.15, 0.2) is 53.4 Å². The van der Waals surface area contributed by atoms with Crippen LogP contribution < -0.4 is 10.5 Å². The Kier molecular flexibility index (Phi) is 5.49. The fourth-order valence-corrected chi connectivity index (χ4v) is 6.59. The van der Waals surface area contributed by atoms with E-state index in [-0.39, 0.29) is 16.5 Å². The van der Waals surface area contributed by atoms with E-state index in [1.54, 1.807) is 31.4 Å². The minimum Gasteiger partial charge on any atom is -0.497 e. The molecule has 5 nitrogen and oxygen atoms in total. The molecule has 2 N–H and O–H groups in total. The van der Waals surface area contributed by atoms with Crippen molar-refractivity contribution < 1.29 is 17.9 Å². The Morgan fingerprint density at radius 3 is 2.22 bits per heavy atom. The lowest BCUT2D eigenvalue weighted by Crippen LogP contribution is -2.33. The third kappa shape index (κ3) is 3.33. The van der Waals surface area contributed by atoms with E-state index in [2.05, 4.69) is 0 Å². The fourth-order valence-electron chi connectivity index (χ4n) is 3.69. The van der Waals surface area contributed by atoms with Crippen molar-refractivity contribution in [3.63, 3.8) is 0 Å². The van der Waals surface area contributed by atoms with Crippen LogP contribution in [0.3, 0.4) is 0 Å². The summed E-state index contributed by atoms with van der Waals surface area (Å²) in [5, 5.41) is -0.342. The zero-order valence-electron chi connectivity index (χ0n) is 14.9. The summed E-state index contributed by atoms with van der Waals surface area (Å²) >= 11 is 11.2. The topological polar surface area (TPSA) is 78.6 Å². The lowest BCUT2D eigenvalue weighted by Gasteiger charge is -2.16. The van der Waals surface area contributed by atoms with Crippen LogP contribution in [-0.2, 0) is 14.6 Å². The summed E-state index contributed by atoms with van der Waals surface area (Å²) in [6, 6.07) is 13.4. The van der Waals surface area contributed by atoms with Gasteiger partial charge in [-0.3, -0.25) is 0 Å². The average molecular weight is 426 g/mol. The zero-order valence-corrected chi connectivity index (χ0v) is 17.3. The minimum atomic E-state index is -3.71. The van der Waals surface area contributed by atoms with E-state index in [1.165, 1.54) is 19.2 Å². The Morgan fingerprint density at radius 2 is 1.74 bits per heavy atom. The molecule has 3 rings (SSSR count). The van der Waals surface area contributed by atoms with Crippen LogP contribution in [0.5, 0.6) is 5.75 Å². The van der Waals surface area contributed by atoms with Crippen molar-refractivity contribution >= 4 is 38.6 Å². The molecule has 0 heterocycles. The minimum absolute atomic E-state index is 0.122. The van der Waals surface area contributed by atoms with Crippen molar-refractivity contribution in [3.8, 4) is 5.75 Å². The second-order valence-electron chi connectivity index (χ2n) is 6.51. The molecule has 2 aromatic carbocycles. The Bertz CT molecular complexity index is 945. The number of sulfone groups is 1. The number of halogens is 1. The fraction of sp³-hybridized carbons (Fsp3) is 0.316. The number of hydrogen-bond acceptors (Lipinski definition) is 5. The van der Waals surface area contributed by atoms with Crippen LogP contribution in [0.1, 0.15) is 11.5 Å². The normalized spacial score (nSPS) is 24.4. The van der Waals surface area contributed by atoms with E-state index in [1.807, 2.05) is 12.1 Å². The van der Waals surface area contributed by atoms with Gasteiger partial charge >= 0.3 is 0 Å². The molecule has 1 fully saturated rings. The van der Waals surface area contributed by atoms with Crippen LogP contribution >= 0.6 is 23.8 Å². The number of benzene rings is 2. The van der Waals surface area contributed by atoms with Gasteiger partial charge in [-0.1, -0.05) is 36.0 Å². The third-order valence-electron chi connectivity index (χ3n) is 5.05. The molecule has 3 atom stereocenters. The maximum absolute atomic E-state index is 13.4. The van der Waals surface area contributed by atoms with Crippen LogP contribution in [0, 0.1) is 5.41 Å². The molecule has 144 valence electrons. The van der Waals surface area contributed by atoms with E-state index in [0.29, 0.717) is 10.8 Å². The second kappa shape index (κ2) is 7.39.